The van der Waals surface area contributed by atoms with Gasteiger partial charge in [0.15, 0.2) is 0 Å². The topological polar surface area (TPSA) is 109 Å². The molecule has 2 aromatic rings. The minimum atomic E-state index is -1.42. The molecule has 7 nitrogen and oxygen atoms in total. The summed E-state index contributed by atoms with van der Waals surface area (Å²) >= 11 is 6.41. The molecule has 0 amide bonds. The summed E-state index contributed by atoms with van der Waals surface area (Å²) in [5, 5.41) is 40.5. The van der Waals surface area contributed by atoms with Crippen molar-refractivity contribution in [1.29, 1.82) is 0 Å². The minimum absolute atomic E-state index is 0.468. The minimum Gasteiger partial charge on any atom is -0.494 e. The summed E-state index contributed by atoms with van der Waals surface area (Å²) in [5.74, 6) is 1.42. The Morgan fingerprint density at radius 1 is 0.969 bits per heavy atom. The van der Waals surface area contributed by atoms with Crippen molar-refractivity contribution in [3.8, 4) is 5.75 Å². The van der Waals surface area contributed by atoms with Gasteiger partial charge in [-0.05, 0) is 47.7 Å². The average molecular weight is 465 g/mol. The van der Waals surface area contributed by atoms with Gasteiger partial charge in [-0.25, -0.2) is 0 Å². The molecule has 0 unspecified atom stereocenters. The second-order valence-corrected chi connectivity index (χ2v) is 8.87. The number of halogens is 1. The van der Waals surface area contributed by atoms with Gasteiger partial charge in [0.2, 0.25) is 0 Å². The monoisotopic (exact) mass is 464 g/mol. The molecule has 32 heavy (non-hydrogen) atoms. The van der Waals surface area contributed by atoms with Crippen LogP contribution in [0.4, 0.5) is 0 Å². The van der Waals surface area contributed by atoms with Crippen LogP contribution in [0.1, 0.15) is 29.2 Å². The fraction of sp³-hybridized carbons (Fsp3) is 0.500. The van der Waals surface area contributed by atoms with Crippen LogP contribution in [0.25, 0.3) is 0 Å². The van der Waals surface area contributed by atoms with E-state index in [4.69, 9.17) is 25.8 Å². The van der Waals surface area contributed by atoms with Crippen molar-refractivity contribution >= 4 is 11.6 Å². The van der Waals surface area contributed by atoms with E-state index in [9.17, 15) is 20.4 Å². The molecule has 8 heteroatoms. The largest absolute Gasteiger partial charge is 0.494 e. The maximum atomic E-state index is 10.4. The molecule has 2 saturated heterocycles. The molecule has 2 heterocycles. The van der Waals surface area contributed by atoms with Crippen LogP contribution < -0.4 is 4.74 Å². The molecule has 0 aromatic heterocycles. The lowest BCUT2D eigenvalue weighted by Gasteiger charge is -2.40. The number of hydrogen-bond acceptors (Lipinski definition) is 7. The van der Waals surface area contributed by atoms with Crippen LogP contribution in [0.15, 0.2) is 42.5 Å². The summed E-state index contributed by atoms with van der Waals surface area (Å²) in [4.78, 5) is 0. The van der Waals surface area contributed by atoms with E-state index in [1.807, 2.05) is 30.3 Å². The first-order chi connectivity index (χ1) is 15.5. The van der Waals surface area contributed by atoms with Crippen molar-refractivity contribution in [3.63, 3.8) is 0 Å². The summed E-state index contributed by atoms with van der Waals surface area (Å²) in [6.07, 6.45) is -4.44. The molecule has 0 radical (unpaired) electrons. The molecule has 0 spiro atoms. The van der Waals surface area contributed by atoms with E-state index in [-0.39, 0.29) is 0 Å². The van der Waals surface area contributed by atoms with Gasteiger partial charge >= 0.3 is 0 Å². The fourth-order valence-corrected chi connectivity index (χ4v) is 4.19. The Balaban J connectivity index is 1.42. The second-order valence-electron chi connectivity index (χ2n) is 8.46. The van der Waals surface area contributed by atoms with Crippen molar-refractivity contribution < 1.29 is 34.6 Å². The Morgan fingerprint density at radius 3 is 2.38 bits per heavy atom. The van der Waals surface area contributed by atoms with E-state index in [0.29, 0.717) is 29.5 Å². The van der Waals surface area contributed by atoms with Crippen molar-refractivity contribution in [1.82, 2.24) is 0 Å². The Labute approximate surface area is 192 Å². The zero-order valence-corrected chi connectivity index (χ0v) is 18.4. The van der Waals surface area contributed by atoms with Gasteiger partial charge in [0.05, 0.1) is 26.4 Å². The van der Waals surface area contributed by atoms with Crippen molar-refractivity contribution in [3.05, 3.63) is 64.2 Å². The lowest BCUT2D eigenvalue weighted by molar-refractivity contribution is -0.231. The van der Waals surface area contributed by atoms with E-state index in [1.54, 1.807) is 12.1 Å². The van der Waals surface area contributed by atoms with Crippen LogP contribution >= 0.6 is 11.6 Å². The average Bonchev–Trinajstić information content (AvgIpc) is 2.77. The Hall–Kier alpha value is -1.71. The Morgan fingerprint density at radius 2 is 1.72 bits per heavy atom. The SMILES string of the molecule is OC[C@H]1O[C@@H](c2ccc(Cl)c(Cc3ccc(OCCC4COC4)cc3)c2)[C@H](O)[C@@H](O)[C@@H]1O. The van der Waals surface area contributed by atoms with Crippen LogP contribution in [-0.2, 0) is 15.9 Å². The summed E-state index contributed by atoms with van der Waals surface area (Å²) in [6.45, 7) is 1.85. The van der Waals surface area contributed by atoms with Gasteiger partial charge in [0.25, 0.3) is 0 Å². The number of aliphatic hydroxyl groups is 4. The van der Waals surface area contributed by atoms with Crippen molar-refractivity contribution in [2.45, 2.75) is 43.4 Å². The molecule has 2 aromatic carbocycles. The molecule has 4 N–H and O–H groups in total. The molecule has 2 aliphatic rings. The van der Waals surface area contributed by atoms with E-state index in [2.05, 4.69) is 0 Å². The smallest absolute Gasteiger partial charge is 0.119 e. The molecule has 5 atom stereocenters. The summed E-state index contributed by atoms with van der Waals surface area (Å²) < 4.78 is 16.6. The molecule has 174 valence electrons. The summed E-state index contributed by atoms with van der Waals surface area (Å²) in [7, 11) is 0. The van der Waals surface area contributed by atoms with Gasteiger partial charge in [-0.2, -0.15) is 0 Å². The van der Waals surface area contributed by atoms with Crippen molar-refractivity contribution in [2.75, 3.05) is 26.4 Å². The van der Waals surface area contributed by atoms with E-state index in [1.165, 1.54) is 0 Å². The number of ether oxygens (including phenoxy) is 3. The molecule has 2 aliphatic heterocycles. The highest BCUT2D eigenvalue weighted by atomic mass is 35.5. The van der Waals surface area contributed by atoms with E-state index in [0.717, 1.165) is 36.5 Å². The van der Waals surface area contributed by atoms with Gasteiger partial charge in [0, 0.05) is 10.9 Å². The first-order valence-electron chi connectivity index (χ1n) is 10.8. The predicted octanol–water partition coefficient (Wildman–Crippen LogP) is 1.86. The standard InChI is InChI=1S/C24H29ClO7/c25-19-6-3-16(24-23(29)22(28)21(27)20(11-26)32-24)10-17(19)9-14-1-4-18(5-2-14)31-8-7-15-12-30-13-15/h1-6,10,15,20-24,26-29H,7-9,11-13H2/t20-,21-,22+,23-,24+/m1/s1. The molecule has 4 rings (SSSR count). The zero-order chi connectivity index (χ0) is 22.7. The molecule has 2 fully saturated rings. The number of benzene rings is 2. The number of aliphatic hydroxyl groups excluding tert-OH is 4. The molecular formula is C24H29ClO7. The maximum Gasteiger partial charge on any atom is 0.119 e. The maximum absolute atomic E-state index is 10.4. The quantitative estimate of drug-likeness (QED) is 0.472. The Bertz CT molecular complexity index is 884. The molecule has 0 bridgehead atoms. The third-order valence-corrected chi connectivity index (χ3v) is 6.48. The lowest BCUT2D eigenvalue weighted by Crippen LogP contribution is -2.55. The first kappa shape index (κ1) is 23.4. The fourth-order valence-electron chi connectivity index (χ4n) is 4.00. The van der Waals surface area contributed by atoms with Gasteiger partial charge in [-0.3, -0.25) is 0 Å². The third-order valence-electron chi connectivity index (χ3n) is 6.11. The van der Waals surface area contributed by atoms with Gasteiger partial charge in [-0.1, -0.05) is 35.9 Å². The van der Waals surface area contributed by atoms with Crippen molar-refractivity contribution in [2.24, 2.45) is 5.92 Å². The zero-order valence-electron chi connectivity index (χ0n) is 17.6. The summed E-state index contributed by atoms with van der Waals surface area (Å²) in [5.41, 5.74) is 2.48. The molecule has 0 saturated carbocycles. The first-order valence-corrected chi connectivity index (χ1v) is 11.2. The van der Waals surface area contributed by atoms with Crippen LogP contribution in [0.2, 0.25) is 5.02 Å². The van der Waals surface area contributed by atoms with Crippen LogP contribution in [0.3, 0.4) is 0 Å². The lowest BCUT2D eigenvalue weighted by atomic mass is 9.90. The highest BCUT2D eigenvalue weighted by molar-refractivity contribution is 6.31. The number of hydrogen-bond donors (Lipinski definition) is 4. The summed E-state index contributed by atoms with van der Waals surface area (Å²) in [6, 6.07) is 13.1. The predicted molar refractivity (Wildman–Crippen MR) is 118 cm³/mol. The van der Waals surface area contributed by atoms with Gasteiger partial charge in [0.1, 0.15) is 36.3 Å². The highest BCUT2D eigenvalue weighted by Crippen LogP contribution is 2.34. The molecular weight excluding hydrogens is 436 g/mol. The molecule has 0 aliphatic carbocycles. The Kier molecular flexibility index (Phi) is 7.68. The van der Waals surface area contributed by atoms with Gasteiger partial charge in [-0.15, -0.1) is 0 Å². The van der Waals surface area contributed by atoms with Gasteiger partial charge < -0.3 is 34.6 Å². The number of rotatable bonds is 8. The van der Waals surface area contributed by atoms with Crippen LogP contribution in [0.5, 0.6) is 5.75 Å². The van der Waals surface area contributed by atoms with Crippen LogP contribution in [-0.4, -0.2) is 71.3 Å². The normalized spacial score (nSPS) is 28.3. The van der Waals surface area contributed by atoms with E-state index >= 15 is 0 Å². The highest BCUT2D eigenvalue weighted by Gasteiger charge is 2.44. The second kappa shape index (κ2) is 10.5. The van der Waals surface area contributed by atoms with Crippen LogP contribution in [0, 0.1) is 5.92 Å². The third kappa shape index (κ3) is 5.26. The van der Waals surface area contributed by atoms with E-state index < -0.39 is 37.1 Å².